The second kappa shape index (κ2) is 4.63. The number of rotatable bonds is 4. The molecule has 2 N–H and O–H groups in total. The molecule has 0 unspecified atom stereocenters. The van der Waals surface area contributed by atoms with Crippen LogP contribution in [0.2, 0.25) is 0 Å². The van der Waals surface area contributed by atoms with Crippen LogP contribution in [0, 0.1) is 0 Å². The molecule has 1 aromatic rings. The molecule has 96 valence electrons. The zero-order valence-electron chi connectivity index (χ0n) is 9.61. The van der Waals surface area contributed by atoms with Crippen LogP contribution in [0.15, 0.2) is 12.4 Å². The molecule has 0 radical (unpaired) electrons. The molecule has 1 aromatic heterocycles. The van der Waals surface area contributed by atoms with Crippen LogP contribution in [0.1, 0.15) is 12.8 Å². The normalized spacial score (nSPS) is 20.7. The first-order valence-electron chi connectivity index (χ1n) is 5.37. The fourth-order valence-corrected chi connectivity index (χ4v) is 2.63. The minimum absolute atomic E-state index is 0.0893. The largest absolute Gasteiger partial charge is 0.376 e. The third-order valence-electron chi connectivity index (χ3n) is 2.68. The van der Waals surface area contributed by atoms with Crippen LogP contribution in [-0.2, 0) is 22.0 Å². The van der Waals surface area contributed by atoms with Crippen molar-refractivity contribution < 1.29 is 13.2 Å². The van der Waals surface area contributed by atoms with Crippen molar-refractivity contribution >= 4 is 15.9 Å². The first-order chi connectivity index (χ1) is 7.97. The lowest BCUT2D eigenvalue weighted by Gasteiger charge is -2.22. The Labute approximate surface area is 100 Å². The minimum Gasteiger partial charge on any atom is -0.376 e. The monoisotopic (exact) mass is 260 g/mol. The Bertz CT molecular complexity index is 478. The Morgan fingerprint density at radius 2 is 2.47 bits per heavy atom. The first kappa shape index (κ1) is 12.3. The van der Waals surface area contributed by atoms with Gasteiger partial charge in [-0.25, -0.2) is 5.14 Å². The maximum Gasteiger partial charge on any atom is 0.299 e. The number of ether oxygens (including phenoxy) is 1. The molecule has 1 atom stereocenters. The predicted octanol–water partition coefficient (Wildman–Crippen LogP) is -0.391. The molecule has 1 aliphatic rings. The van der Waals surface area contributed by atoms with E-state index in [9.17, 15) is 8.42 Å². The van der Waals surface area contributed by atoms with Gasteiger partial charge in [0.05, 0.1) is 24.5 Å². The number of hydrogen-bond donors (Lipinski definition) is 1. The van der Waals surface area contributed by atoms with Crippen molar-refractivity contribution in [3.63, 3.8) is 0 Å². The lowest BCUT2D eigenvalue weighted by Crippen LogP contribution is -2.41. The third-order valence-corrected chi connectivity index (χ3v) is 3.65. The molecule has 1 saturated heterocycles. The standard InChI is InChI=1S/C9H16N4O3S/c1-12-6-8(5-11-12)13(17(10,14)15)7-9-3-2-4-16-9/h5-6,9H,2-4,7H2,1H3,(H2,10,14,15)/t9-/m1/s1. The highest BCUT2D eigenvalue weighted by Crippen LogP contribution is 2.20. The van der Waals surface area contributed by atoms with Gasteiger partial charge in [-0.3, -0.25) is 8.99 Å². The Kier molecular flexibility index (Phi) is 3.36. The molecule has 1 fully saturated rings. The quantitative estimate of drug-likeness (QED) is 0.798. The molecule has 2 rings (SSSR count). The van der Waals surface area contributed by atoms with Crippen molar-refractivity contribution in [1.82, 2.24) is 9.78 Å². The highest BCUT2D eigenvalue weighted by atomic mass is 32.2. The van der Waals surface area contributed by atoms with Crippen molar-refractivity contribution in [3.8, 4) is 0 Å². The zero-order valence-corrected chi connectivity index (χ0v) is 10.4. The maximum atomic E-state index is 11.5. The fraction of sp³-hybridized carbons (Fsp3) is 0.667. The van der Waals surface area contributed by atoms with Crippen molar-refractivity contribution in [2.75, 3.05) is 17.5 Å². The van der Waals surface area contributed by atoms with Gasteiger partial charge in [-0.15, -0.1) is 0 Å². The number of hydrogen-bond acceptors (Lipinski definition) is 4. The molecule has 7 nitrogen and oxygen atoms in total. The van der Waals surface area contributed by atoms with Crippen LogP contribution < -0.4 is 9.44 Å². The van der Waals surface area contributed by atoms with E-state index in [1.165, 1.54) is 10.9 Å². The van der Waals surface area contributed by atoms with Gasteiger partial charge < -0.3 is 4.74 Å². The maximum absolute atomic E-state index is 11.5. The van der Waals surface area contributed by atoms with Crippen LogP contribution in [-0.4, -0.2) is 37.5 Å². The fourth-order valence-electron chi connectivity index (χ4n) is 1.87. The summed E-state index contributed by atoms with van der Waals surface area (Å²) in [7, 11) is -2.07. The minimum atomic E-state index is -3.79. The SMILES string of the molecule is Cn1cc(N(C[C@H]2CCCO2)S(N)(=O)=O)cn1. The van der Waals surface area contributed by atoms with Gasteiger partial charge in [-0.05, 0) is 12.8 Å². The average molecular weight is 260 g/mol. The molecule has 17 heavy (non-hydrogen) atoms. The molecule has 0 amide bonds. The Hall–Kier alpha value is -1.12. The summed E-state index contributed by atoms with van der Waals surface area (Å²) < 4.78 is 31.2. The highest BCUT2D eigenvalue weighted by Gasteiger charge is 2.26. The topological polar surface area (TPSA) is 90.5 Å². The van der Waals surface area contributed by atoms with Gasteiger partial charge in [-0.1, -0.05) is 0 Å². The number of aromatic nitrogens is 2. The summed E-state index contributed by atoms with van der Waals surface area (Å²) in [5.41, 5.74) is 0.463. The summed E-state index contributed by atoms with van der Waals surface area (Å²) in [6.07, 6.45) is 4.80. The lowest BCUT2D eigenvalue weighted by atomic mass is 10.2. The number of nitrogens with zero attached hydrogens (tertiary/aromatic N) is 3. The Morgan fingerprint density at radius 1 is 1.71 bits per heavy atom. The van der Waals surface area contributed by atoms with E-state index in [4.69, 9.17) is 9.88 Å². The van der Waals surface area contributed by atoms with Crippen LogP contribution in [0.3, 0.4) is 0 Å². The predicted molar refractivity (Wildman–Crippen MR) is 62.6 cm³/mol. The van der Waals surface area contributed by atoms with Crippen LogP contribution in [0.4, 0.5) is 5.69 Å². The molecule has 8 heteroatoms. The second-order valence-corrected chi connectivity index (χ2v) is 5.55. The summed E-state index contributed by atoms with van der Waals surface area (Å²) in [6, 6.07) is 0. The second-order valence-electron chi connectivity index (χ2n) is 4.08. The summed E-state index contributed by atoms with van der Waals surface area (Å²) >= 11 is 0. The van der Waals surface area contributed by atoms with Crippen LogP contribution >= 0.6 is 0 Å². The van der Waals surface area contributed by atoms with Crippen molar-refractivity contribution in [1.29, 1.82) is 0 Å². The van der Waals surface area contributed by atoms with Crippen molar-refractivity contribution in [3.05, 3.63) is 12.4 Å². The summed E-state index contributed by atoms with van der Waals surface area (Å²) in [5, 5.41) is 9.14. The molecule has 0 bridgehead atoms. The van der Waals surface area contributed by atoms with Gasteiger partial charge in [0.1, 0.15) is 0 Å². The van der Waals surface area contributed by atoms with E-state index in [2.05, 4.69) is 5.10 Å². The van der Waals surface area contributed by atoms with Crippen molar-refractivity contribution in [2.24, 2.45) is 12.2 Å². The van der Waals surface area contributed by atoms with Gasteiger partial charge in [0, 0.05) is 19.9 Å². The number of anilines is 1. The van der Waals surface area contributed by atoms with E-state index in [1.54, 1.807) is 13.2 Å². The summed E-state index contributed by atoms with van der Waals surface area (Å²) in [6.45, 7) is 0.917. The Morgan fingerprint density at radius 3 is 2.94 bits per heavy atom. The highest BCUT2D eigenvalue weighted by molar-refractivity contribution is 7.90. The van der Waals surface area contributed by atoms with Gasteiger partial charge >= 0.3 is 0 Å². The van der Waals surface area contributed by atoms with Crippen molar-refractivity contribution in [2.45, 2.75) is 18.9 Å². The average Bonchev–Trinajstić information content (AvgIpc) is 2.83. The van der Waals surface area contributed by atoms with E-state index < -0.39 is 10.2 Å². The molecule has 1 aliphatic heterocycles. The summed E-state index contributed by atoms with van der Waals surface area (Å²) in [4.78, 5) is 0. The number of nitrogens with two attached hydrogens (primary N) is 1. The molecular formula is C9H16N4O3S. The third kappa shape index (κ3) is 2.96. The molecule has 0 aliphatic carbocycles. The van der Waals surface area contributed by atoms with Gasteiger partial charge in [0.25, 0.3) is 10.2 Å². The van der Waals surface area contributed by atoms with E-state index in [0.717, 1.165) is 17.1 Å². The molecule has 0 aromatic carbocycles. The van der Waals surface area contributed by atoms with E-state index in [0.29, 0.717) is 12.3 Å². The van der Waals surface area contributed by atoms with Gasteiger partial charge in [-0.2, -0.15) is 13.5 Å². The molecular weight excluding hydrogens is 244 g/mol. The van der Waals surface area contributed by atoms with E-state index >= 15 is 0 Å². The number of aryl methyl sites for hydroxylation is 1. The van der Waals surface area contributed by atoms with E-state index in [-0.39, 0.29) is 12.6 Å². The lowest BCUT2D eigenvalue weighted by molar-refractivity contribution is 0.118. The van der Waals surface area contributed by atoms with Gasteiger partial charge in [0.15, 0.2) is 0 Å². The zero-order chi connectivity index (χ0) is 12.5. The summed E-state index contributed by atoms with van der Waals surface area (Å²) in [5.74, 6) is 0. The Balaban J connectivity index is 2.19. The van der Waals surface area contributed by atoms with Crippen LogP contribution in [0.5, 0.6) is 0 Å². The molecule has 2 heterocycles. The molecule has 0 saturated carbocycles. The smallest absolute Gasteiger partial charge is 0.299 e. The van der Waals surface area contributed by atoms with Crippen LogP contribution in [0.25, 0.3) is 0 Å². The first-order valence-corrected chi connectivity index (χ1v) is 6.88. The van der Waals surface area contributed by atoms with E-state index in [1.807, 2.05) is 0 Å². The molecule has 0 spiro atoms. The van der Waals surface area contributed by atoms with Gasteiger partial charge in [0.2, 0.25) is 0 Å².